The highest BCUT2D eigenvalue weighted by Gasteiger charge is 2.24. The molecule has 1 atom stereocenters. The molecule has 1 aromatic heterocycles. The van der Waals surface area contributed by atoms with E-state index in [1.165, 1.54) is 0 Å². The summed E-state index contributed by atoms with van der Waals surface area (Å²) in [5.74, 6) is 3.65. The smallest absolute Gasteiger partial charge is 0.161 e. The molecule has 2 heterocycles. The molecule has 1 aliphatic heterocycles. The van der Waals surface area contributed by atoms with Crippen molar-refractivity contribution in [3.8, 4) is 17.2 Å². The van der Waals surface area contributed by atoms with E-state index in [0.717, 1.165) is 48.3 Å². The van der Waals surface area contributed by atoms with Gasteiger partial charge in [0, 0.05) is 29.8 Å². The van der Waals surface area contributed by atoms with Gasteiger partial charge in [-0.1, -0.05) is 18.2 Å². The molecule has 1 fully saturated rings. The molecular weight excluding hydrogens is 354 g/mol. The first-order valence-electron chi connectivity index (χ1n) is 9.58. The minimum absolute atomic E-state index is 0.450. The minimum atomic E-state index is 0.450. The van der Waals surface area contributed by atoms with Gasteiger partial charge in [-0.25, -0.2) is 0 Å². The van der Waals surface area contributed by atoms with E-state index in [4.69, 9.17) is 14.2 Å². The van der Waals surface area contributed by atoms with E-state index in [1.807, 2.05) is 42.5 Å². The number of rotatable bonds is 6. The van der Waals surface area contributed by atoms with Gasteiger partial charge < -0.3 is 19.1 Å². The fourth-order valence-corrected chi connectivity index (χ4v) is 3.75. The molecule has 2 aromatic carbocycles. The lowest BCUT2D eigenvalue weighted by Gasteiger charge is -2.33. The monoisotopic (exact) mass is 379 g/mol. The number of hydrogen-bond donors (Lipinski definition) is 0. The number of aromatic nitrogens is 2. The van der Waals surface area contributed by atoms with Crippen LogP contribution in [-0.4, -0.2) is 44.1 Å². The average molecular weight is 379 g/mol. The van der Waals surface area contributed by atoms with Crippen molar-refractivity contribution in [1.29, 1.82) is 0 Å². The molecule has 1 saturated heterocycles. The molecular formula is C22H25N3O3. The SMILES string of the molecule is COc1cc2cnnc(N3CCCC(COc4ccccc4)C3)c2cc1OC. The molecule has 3 aromatic rings. The summed E-state index contributed by atoms with van der Waals surface area (Å²) >= 11 is 0. The molecule has 0 spiro atoms. The fraction of sp³-hybridized carbons (Fsp3) is 0.364. The Morgan fingerprint density at radius 2 is 1.86 bits per heavy atom. The van der Waals surface area contributed by atoms with Gasteiger partial charge in [0.05, 0.1) is 27.0 Å². The van der Waals surface area contributed by atoms with Crippen molar-refractivity contribution in [2.24, 2.45) is 5.92 Å². The van der Waals surface area contributed by atoms with Gasteiger partial charge in [-0.05, 0) is 37.1 Å². The van der Waals surface area contributed by atoms with Crippen molar-refractivity contribution in [2.75, 3.05) is 38.8 Å². The molecule has 0 radical (unpaired) electrons. The lowest BCUT2D eigenvalue weighted by Crippen LogP contribution is -2.38. The summed E-state index contributed by atoms with van der Waals surface area (Å²) in [5, 5.41) is 10.7. The van der Waals surface area contributed by atoms with Crippen LogP contribution in [0.25, 0.3) is 10.8 Å². The number of anilines is 1. The summed E-state index contributed by atoms with van der Waals surface area (Å²) in [5.41, 5.74) is 0. The van der Waals surface area contributed by atoms with Crippen LogP contribution in [0.5, 0.6) is 17.2 Å². The topological polar surface area (TPSA) is 56.7 Å². The molecule has 0 N–H and O–H groups in total. The van der Waals surface area contributed by atoms with Crippen molar-refractivity contribution < 1.29 is 14.2 Å². The van der Waals surface area contributed by atoms with Crippen molar-refractivity contribution >= 4 is 16.6 Å². The lowest BCUT2D eigenvalue weighted by molar-refractivity contribution is 0.228. The Hall–Kier alpha value is -3.02. The molecule has 0 aliphatic carbocycles. The van der Waals surface area contributed by atoms with Crippen molar-refractivity contribution in [1.82, 2.24) is 10.2 Å². The fourth-order valence-electron chi connectivity index (χ4n) is 3.75. The first-order valence-corrected chi connectivity index (χ1v) is 9.58. The largest absolute Gasteiger partial charge is 0.493 e. The van der Waals surface area contributed by atoms with Gasteiger partial charge in [-0.2, -0.15) is 5.10 Å². The first kappa shape index (κ1) is 18.3. The highest BCUT2D eigenvalue weighted by atomic mass is 16.5. The van der Waals surface area contributed by atoms with E-state index < -0.39 is 0 Å². The third kappa shape index (κ3) is 3.81. The Labute approximate surface area is 165 Å². The van der Waals surface area contributed by atoms with Crippen LogP contribution < -0.4 is 19.1 Å². The van der Waals surface area contributed by atoms with Gasteiger partial charge in [0.15, 0.2) is 17.3 Å². The van der Waals surface area contributed by atoms with Gasteiger partial charge in [-0.3, -0.25) is 0 Å². The molecule has 0 amide bonds. The number of nitrogens with zero attached hydrogens (tertiary/aromatic N) is 3. The zero-order chi connectivity index (χ0) is 19.3. The molecule has 4 rings (SSSR count). The Morgan fingerprint density at radius 1 is 1.07 bits per heavy atom. The second-order valence-corrected chi connectivity index (χ2v) is 7.04. The van der Waals surface area contributed by atoms with Crippen LogP contribution in [0, 0.1) is 5.92 Å². The lowest BCUT2D eigenvalue weighted by atomic mass is 9.98. The zero-order valence-electron chi connectivity index (χ0n) is 16.3. The number of fused-ring (bicyclic) bond motifs is 1. The summed E-state index contributed by atoms with van der Waals surface area (Å²) in [7, 11) is 3.29. The molecule has 6 heteroatoms. The second-order valence-electron chi connectivity index (χ2n) is 7.04. The molecule has 146 valence electrons. The summed E-state index contributed by atoms with van der Waals surface area (Å²) < 4.78 is 16.9. The number of para-hydroxylation sites is 1. The number of hydrogen-bond acceptors (Lipinski definition) is 6. The Kier molecular flexibility index (Phi) is 5.46. The Bertz CT molecular complexity index is 933. The quantitative estimate of drug-likeness (QED) is 0.647. The van der Waals surface area contributed by atoms with Gasteiger partial charge in [0.2, 0.25) is 0 Å². The van der Waals surface area contributed by atoms with Crippen LogP contribution in [-0.2, 0) is 0 Å². The van der Waals surface area contributed by atoms with Crippen LogP contribution in [0.1, 0.15) is 12.8 Å². The summed E-state index contributed by atoms with van der Waals surface area (Å²) in [6, 6.07) is 13.9. The predicted molar refractivity (Wildman–Crippen MR) is 110 cm³/mol. The van der Waals surface area contributed by atoms with Gasteiger partial charge in [-0.15, -0.1) is 5.10 Å². The number of piperidine rings is 1. The van der Waals surface area contributed by atoms with Crippen LogP contribution in [0.2, 0.25) is 0 Å². The molecule has 1 unspecified atom stereocenters. The first-order chi connectivity index (χ1) is 13.8. The highest BCUT2D eigenvalue weighted by molar-refractivity contribution is 5.94. The maximum Gasteiger partial charge on any atom is 0.161 e. The minimum Gasteiger partial charge on any atom is -0.493 e. The molecule has 1 aliphatic rings. The maximum atomic E-state index is 5.98. The van der Waals surface area contributed by atoms with E-state index in [-0.39, 0.29) is 0 Å². The van der Waals surface area contributed by atoms with Crippen LogP contribution >= 0.6 is 0 Å². The normalized spacial score (nSPS) is 16.8. The van der Waals surface area contributed by atoms with Crippen molar-refractivity contribution in [3.63, 3.8) is 0 Å². The highest BCUT2D eigenvalue weighted by Crippen LogP contribution is 2.36. The number of ether oxygens (including phenoxy) is 3. The zero-order valence-corrected chi connectivity index (χ0v) is 16.3. The standard InChI is InChI=1S/C22H25N3O3/c1-26-20-11-17-13-23-24-22(19(17)12-21(20)27-2)25-10-6-7-16(14-25)15-28-18-8-4-3-5-9-18/h3-5,8-9,11-13,16H,6-7,10,14-15H2,1-2H3. The van der Waals surface area contributed by atoms with E-state index >= 15 is 0 Å². The maximum absolute atomic E-state index is 5.98. The summed E-state index contributed by atoms with van der Waals surface area (Å²) in [6.07, 6.45) is 4.02. The third-order valence-corrected chi connectivity index (χ3v) is 5.19. The van der Waals surface area contributed by atoms with Crippen molar-refractivity contribution in [3.05, 3.63) is 48.7 Å². The Balaban J connectivity index is 1.55. The van der Waals surface area contributed by atoms with Gasteiger partial charge in [0.1, 0.15) is 5.75 Å². The second kappa shape index (κ2) is 8.33. The number of methoxy groups -OCH3 is 2. The van der Waals surface area contributed by atoms with Crippen LogP contribution in [0.4, 0.5) is 5.82 Å². The molecule has 0 saturated carbocycles. The average Bonchev–Trinajstić information content (AvgIpc) is 2.77. The summed E-state index contributed by atoms with van der Waals surface area (Å²) in [4.78, 5) is 2.31. The van der Waals surface area contributed by atoms with Gasteiger partial charge >= 0.3 is 0 Å². The van der Waals surface area contributed by atoms with Crippen molar-refractivity contribution in [2.45, 2.75) is 12.8 Å². The third-order valence-electron chi connectivity index (χ3n) is 5.19. The predicted octanol–water partition coefficient (Wildman–Crippen LogP) is 3.94. The Morgan fingerprint density at radius 3 is 2.64 bits per heavy atom. The van der Waals surface area contributed by atoms with Crippen LogP contribution in [0.3, 0.4) is 0 Å². The van der Waals surface area contributed by atoms with E-state index in [9.17, 15) is 0 Å². The molecule has 28 heavy (non-hydrogen) atoms. The van der Waals surface area contributed by atoms with E-state index in [0.29, 0.717) is 24.0 Å². The van der Waals surface area contributed by atoms with E-state index in [2.05, 4.69) is 15.1 Å². The van der Waals surface area contributed by atoms with Crippen LogP contribution in [0.15, 0.2) is 48.7 Å². The molecule has 0 bridgehead atoms. The van der Waals surface area contributed by atoms with E-state index in [1.54, 1.807) is 20.4 Å². The van der Waals surface area contributed by atoms with Gasteiger partial charge in [0.25, 0.3) is 0 Å². The molecule has 6 nitrogen and oxygen atoms in total. The number of benzene rings is 2. The summed E-state index contributed by atoms with van der Waals surface area (Å²) in [6.45, 7) is 2.56.